The third kappa shape index (κ3) is 4.23. The highest BCUT2D eigenvalue weighted by Gasteiger charge is 2.39. The van der Waals surface area contributed by atoms with Crippen LogP contribution in [0.2, 0.25) is 0 Å². The van der Waals surface area contributed by atoms with Gasteiger partial charge >= 0.3 is 0 Å². The first kappa shape index (κ1) is 31.2. The van der Waals surface area contributed by atoms with Crippen LogP contribution in [0.5, 0.6) is 0 Å². The van der Waals surface area contributed by atoms with Crippen molar-refractivity contribution in [2.24, 2.45) is 0 Å². The van der Waals surface area contributed by atoms with Crippen molar-refractivity contribution >= 4 is 49.8 Å². The number of nitrogens with zero attached hydrogens (tertiary/aromatic N) is 1. The molecule has 2 nitrogen and oxygen atoms in total. The molecule has 0 saturated carbocycles. The van der Waals surface area contributed by atoms with Gasteiger partial charge in [0.15, 0.2) is 0 Å². The van der Waals surface area contributed by atoms with Crippen LogP contribution < -0.4 is 4.90 Å². The summed E-state index contributed by atoms with van der Waals surface area (Å²) in [5.74, 6) is 0. The first-order chi connectivity index (χ1) is 26.3. The molecule has 2 heteroatoms. The minimum absolute atomic E-state index is 0.0612. The lowest BCUT2D eigenvalue weighted by atomic mass is 9.82. The molecule has 258 valence electrons. The molecule has 0 amide bonds. The van der Waals surface area contributed by atoms with E-state index in [1.165, 1.54) is 61.0 Å². The summed E-state index contributed by atoms with van der Waals surface area (Å²) in [4.78, 5) is 2.48. The summed E-state index contributed by atoms with van der Waals surface area (Å²) in [5, 5.41) is 4.69. The van der Waals surface area contributed by atoms with Crippen LogP contribution >= 0.6 is 0 Å². The average molecular weight is 694 g/mol. The van der Waals surface area contributed by atoms with Gasteiger partial charge < -0.3 is 9.32 Å². The third-order valence-corrected chi connectivity index (χ3v) is 12.5. The number of para-hydroxylation sites is 1. The predicted molar refractivity (Wildman–Crippen MR) is 226 cm³/mol. The van der Waals surface area contributed by atoms with Crippen molar-refractivity contribution in [1.82, 2.24) is 0 Å². The highest BCUT2D eigenvalue weighted by Crippen LogP contribution is 2.56. The van der Waals surface area contributed by atoms with E-state index < -0.39 is 0 Å². The van der Waals surface area contributed by atoms with E-state index in [4.69, 9.17) is 4.42 Å². The number of rotatable bonds is 4. The molecule has 2 aliphatic rings. The van der Waals surface area contributed by atoms with Gasteiger partial charge in [0.1, 0.15) is 11.2 Å². The summed E-state index contributed by atoms with van der Waals surface area (Å²) < 4.78 is 6.64. The number of anilines is 3. The predicted octanol–water partition coefficient (Wildman–Crippen LogP) is 14.5. The fourth-order valence-electron chi connectivity index (χ4n) is 9.78. The Labute approximate surface area is 315 Å². The van der Waals surface area contributed by atoms with E-state index in [-0.39, 0.29) is 10.8 Å². The van der Waals surface area contributed by atoms with Gasteiger partial charge in [-0.1, -0.05) is 149 Å². The van der Waals surface area contributed by atoms with E-state index in [0.29, 0.717) is 0 Å². The molecule has 11 rings (SSSR count). The van der Waals surface area contributed by atoms with Crippen LogP contribution in [0, 0.1) is 0 Å². The second-order valence-electron chi connectivity index (χ2n) is 16.1. The zero-order valence-electron chi connectivity index (χ0n) is 30.9. The van der Waals surface area contributed by atoms with Gasteiger partial charge in [0.05, 0.1) is 5.69 Å². The Kier molecular flexibility index (Phi) is 6.39. The van der Waals surface area contributed by atoms with Gasteiger partial charge in [-0.05, 0) is 97.7 Å². The van der Waals surface area contributed by atoms with Crippen molar-refractivity contribution in [2.75, 3.05) is 4.90 Å². The molecular formula is C52H39NO. The number of hydrogen-bond acceptors (Lipinski definition) is 2. The molecule has 0 fully saturated rings. The van der Waals surface area contributed by atoms with Crippen LogP contribution in [-0.4, -0.2) is 0 Å². The average Bonchev–Trinajstić information content (AvgIpc) is 3.77. The molecule has 0 spiro atoms. The molecule has 0 N–H and O–H groups in total. The zero-order chi connectivity index (χ0) is 36.3. The quantitative estimate of drug-likeness (QED) is 0.182. The molecule has 2 aliphatic carbocycles. The summed E-state index contributed by atoms with van der Waals surface area (Å²) in [7, 11) is 0. The van der Waals surface area contributed by atoms with E-state index in [2.05, 4.69) is 190 Å². The van der Waals surface area contributed by atoms with Gasteiger partial charge in [-0.2, -0.15) is 0 Å². The molecule has 0 aliphatic heterocycles. The van der Waals surface area contributed by atoms with Crippen molar-refractivity contribution < 1.29 is 4.42 Å². The molecule has 1 aromatic heterocycles. The molecule has 54 heavy (non-hydrogen) atoms. The van der Waals surface area contributed by atoms with Crippen molar-refractivity contribution in [3.8, 4) is 33.4 Å². The van der Waals surface area contributed by atoms with Crippen LogP contribution in [0.3, 0.4) is 0 Å². The van der Waals surface area contributed by atoms with Crippen LogP contribution in [0.1, 0.15) is 49.9 Å². The summed E-state index contributed by atoms with van der Waals surface area (Å²) in [5.41, 5.74) is 18.1. The minimum atomic E-state index is -0.106. The molecule has 0 radical (unpaired) electrons. The maximum Gasteiger partial charge on any atom is 0.143 e. The van der Waals surface area contributed by atoms with Crippen molar-refractivity contribution in [3.63, 3.8) is 0 Å². The summed E-state index contributed by atoms with van der Waals surface area (Å²) >= 11 is 0. The lowest BCUT2D eigenvalue weighted by molar-refractivity contribution is 0.660. The molecular weight excluding hydrogens is 655 g/mol. The Bertz CT molecular complexity index is 3000. The molecule has 0 bridgehead atoms. The highest BCUT2D eigenvalue weighted by atomic mass is 16.3. The second kappa shape index (κ2) is 11.1. The largest absolute Gasteiger partial charge is 0.455 e. The van der Waals surface area contributed by atoms with Crippen LogP contribution in [0.15, 0.2) is 168 Å². The maximum atomic E-state index is 6.64. The van der Waals surface area contributed by atoms with Gasteiger partial charge in [0, 0.05) is 44.1 Å². The lowest BCUT2D eigenvalue weighted by Gasteiger charge is -2.30. The SMILES string of the molecule is CC1(C)c2ccccc2-c2cc(N(c3ccc(-c4c5ccccc5cc5c4oc4ccccc45)cc3)c3cccc4c3-c3ccccc3C4(C)C)ccc21. The topological polar surface area (TPSA) is 16.4 Å². The monoisotopic (exact) mass is 693 g/mol. The molecule has 1 heterocycles. The maximum absolute atomic E-state index is 6.64. The smallest absolute Gasteiger partial charge is 0.143 e. The number of furan rings is 1. The van der Waals surface area contributed by atoms with E-state index in [1.54, 1.807) is 0 Å². The Balaban J connectivity index is 1.14. The Morgan fingerprint density at radius 2 is 1.04 bits per heavy atom. The highest BCUT2D eigenvalue weighted by molar-refractivity contribution is 6.18. The first-order valence-corrected chi connectivity index (χ1v) is 19.0. The molecule has 0 atom stereocenters. The van der Waals surface area contributed by atoms with Gasteiger partial charge in [-0.25, -0.2) is 0 Å². The summed E-state index contributed by atoms with van der Waals surface area (Å²) in [6.45, 7) is 9.42. The van der Waals surface area contributed by atoms with Crippen LogP contribution in [0.25, 0.3) is 66.1 Å². The Morgan fingerprint density at radius 3 is 1.85 bits per heavy atom. The van der Waals surface area contributed by atoms with Crippen molar-refractivity contribution in [2.45, 2.75) is 38.5 Å². The zero-order valence-corrected chi connectivity index (χ0v) is 30.9. The van der Waals surface area contributed by atoms with E-state index in [0.717, 1.165) is 44.4 Å². The van der Waals surface area contributed by atoms with E-state index in [1.807, 2.05) is 6.07 Å². The lowest BCUT2D eigenvalue weighted by Crippen LogP contribution is -2.16. The van der Waals surface area contributed by atoms with Crippen LogP contribution in [-0.2, 0) is 10.8 Å². The third-order valence-electron chi connectivity index (χ3n) is 12.5. The van der Waals surface area contributed by atoms with Gasteiger partial charge in [0.2, 0.25) is 0 Å². The second-order valence-corrected chi connectivity index (χ2v) is 16.1. The fraction of sp³-hybridized carbons (Fsp3) is 0.115. The van der Waals surface area contributed by atoms with Crippen LogP contribution in [0.4, 0.5) is 17.1 Å². The number of fused-ring (bicyclic) bond motifs is 10. The molecule has 0 unspecified atom stereocenters. The standard InChI is InChI=1S/C52H39NO/c1-51(2)42-19-10-7-16-37(42)40-31-35(28-29-44(40)51)53(46-22-13-21-45-49(46)39-18-8-11-20-43(39)52(45,3)4)34-26-24-32(25-27-34)48-36-15-6-5-14-33(36)30-41-38-17-9-12-23-47(38)54-50(41)48/h5-31H,1-4H3. The number of hydrogen-bond donors (Lipinski definition) is 0. The van der Waals surface area contributed by atoms with Gasteiger partial charge in [-0.3, -0.25) is 0 Å². The van der Waals surface area contributed by atoms with E-state index in [9.17, 15) is 0 Å². The molecule has 8 aromatic carbocycles. The van der Waals surface area contributed by atoms with Crippen molar-refractivity contribution in [3.05, 3.63) is 186 Å². The minimum Gasteiger partial charge on any atom is -0.455 e. The molecule has 0 saturated heterocycles. The summed E-state index contributed by atoms with van der Waals surface area (Å²) in [6, 6.07) is 60.3. The van der Waals surface area contributed by atoms with Crippen molar-refractivity contribution in [1.29, 1.82) is 0 Å². The Morgan fingerprint density at radius 1 is 0.426 bits per heavy atom. The number of benzene rings is 8. The molecule has 9 aromatic rings. The summed E-state index contributed by atoms with van der Waals surface area (Å²) in [6.07, 6.45) is 0. The fourth-order valence-corrected chi connectivity index (χ4v) is 9.78. The Hall–Kier alpha value is -6.38. The van der Waals surface area contributed by atoms with Gasteiger partial charge in [0.25, 0.3) is 0 Å². The first-order valence-electron chi connectivity index (χ1n) is 19.0. The van der Waals surface area contributed by atoms with Gasteiger partial charge in [-0.15, -0.1) is 0 Å². The van der Waals surface area contributed by atoms with E-state index >= 15 is 0 Å². The normalized spacial score (nSPS) is 14.6.